The van der Waals surface area contributed by atoms with E-state index in [1.165, 1.54) is 17.4 Å². The quantitative estimate of drug-likeness (QED) is 0.896. The molecule has 0 bridgehead atoms. The van der Waals surface area contributed by atoms with Crippen molar-refractivity contribution in [1.29, 1.82) is 0 Å². The van der Waals surface area contributed by atoms with E-state index in [2.05, 4.69) is 0 Å². The molecular formula is C13H20Cl2N2O2S. The van der Waals surface area contributed by atoms with Crippen molar-refractivity contribution in [2.24, 2.45) is 5.73 Å². The molecule has 0 saturated carbocycles. The van der Waals surface area contributed by atoms with Gasteiger partial charge in [0.25, 0.3) is 0 Å². The van der Waals surface area contributed by atoms with E-state index in [0.29, 0.717) is 17.0 Å². The molecule has 0 aliphatic carbocycles. The minimum atomic E-state index is -3.73. The molecule has 114 valence electrons. The number of benzene rings is 1. The van der Waals surface area contributed by atoms with Crippen molar-refractivity contribution in [3.8, 4) is 0 Å². The molecule has 0 saturated heterocycles. The van der Waals surface area contributed by atoms with Crippen molar-refractivity contribution < 1.29 is 8.42 Å². The van der Waals surface area contributed by atoms with E-state index in [9.17, 15) is 8.42 Å². The first-order valence-electron chi connectivity index (χ1n) is 6.25. The molecule has 0 radical (unpaired) electrons. The average molecular weight is 339 g/mol. The largest absolute Gasteiger partial charge is 0.326 e. The second-order valence-electron chi connectivity index (χ2n) is 5.22. The third-order valence-corrected chi connectivity index (χ3v) is 6.53. The standard InChI is InChI=1S/C13H20Cl2N2O2S/c1-5-13(2,3)17(4)20(18,19)11-7-10(14)6-9(8-16)12(11)15/h6-7H,5,8,16H2,1-4H3. The summed E-state index contributed by atoms with van der Waals surface area (Å²) in [6.07, 6.45) is 0.671. The van der Waals surface area contributed by atoms with E-state index in [4.69, 9.17) is 28.9 Å². The summed E-state index contributed by atoms with van der Waals surface area (Å²) in [5.74, 6) is 0. The summed E-state index contributed by atoms with van der Waals surface area (Å²) >= 11 is 12.1. The molecule has 0 atom stereocenters. The minimum Gasteiger partial charge on any atom is -0.326 e. The predicted molar refractivity (Wildman–Crippen MR) is 83.7 cm³/mol. The Hall–Kier alpha value is -0.330. The van der Waals surface area contributed by atoms with Gasteiger partial charge in [-0.05, 0) is 38.0 Å². The van der Waals surface area contributed by atoms with Crippen LogP contribution in [-0.2, 0) is 16.6 Å². The van der Waals surface area contributed by atoms with Crippen molar-refractivity contribution in [3.63, 3.8) is 0 Å². The summed E-state index contributed by atoms with van der Waals surface area (Å²) in [6, 6.07) is 2.94. The normalized spacial score (nSPS) is 13.0. The van der Waals surface area contributed by atoms with Crippen LogP contribution in [0.3, 0.4) is 0 Å². The van der Waals surface area contributed by atoms with Gasteiger partial charge in [0.1, 0.15) is 4.90 Å². The maximum absolute atomic E-state index is 12.7. The maximum Gasteiger partial charge on any atom is 0.244 e. The lowest BCUT2D eigenvalue weighted by molar-refractivity contribution is 0.257. The van der Waals surface area contributed by atoms with Crippen LogP contribution in [0.25, 0.3) is 0 Å². The first kappa shape index (κ1) is 17.7. The van der Waals surface area contributed by atoms with Crippen LogP contribution in [0.5, 0.6) is 0 Å². The molecule has 0 aliphatic heterocycles. The van der Waals surface area contributed by atoms with Crippen LogP contribution < -0.4 is 5.73 Å². The number of hydrogen-bond donors (Lipinski definition) is 1. The Labute approximate surface area is 130 Å². The van der Waals surface area contributed by atoms with Crippen LogP contribution in [0.15, 0.2) is 17.0 Å². The molecule has 0 heterocycles. The van der Waals surface area contributed by atoms with E-state index in [1.807, 2.05) is 20.8 Å². The fourth-order valence-corrected chi connectivity index (χ4v) is 4.14. The third-order valence-electron chi connectivity index (χ3n) is 3.66. The van der Waals surface area contributed by atoms with Crippen molar-refractivity contribution in [3.05, 3.63) is 27.7 Å². The van der Waals surface area contributed by atoms with Gasteiger partial charge in [-0.1, -0.05) is 30.1 Å². The summed E-state index contributed by atoms with van der Waals surface area (Å²) in [5.41, 5.74) is 5.56. The maximum atomic E-state index is 12.7. The number of halogens is 2. The van der Waals surface area contributed by atoms with Gasteiger partial charge in [0.2, 0.25) is 10.0 Å². The van der Waals surface area contributed by atoms with Gasteiger partial charge in [0, 0.05) is 24.2 Å². The Balaban J connectivity index is 3.48. The predicted octanol–water partition coefficient (Wildman–Crippen LogP) is 3.26. The molecule has 1 aromatic rings. The zero-order valence-electron chi connectivity index (χ0n) is 12.1. The lowest BCUT2D eigenvalue weighted by atomic mass is 10.0. The van der Waals surface area contributed by atoms with Crippen molar-refractivity contribution in [2.45, 2.75) is 44.2 Å². The molecule has 0 aromatic heterocycles. The SMILES string of the molecule is CCC(C)(C)N(C)S(=O)(=O)c1cc(Cl)cc(CN)c1Cl. The molecule has 0 unspecified atom stereocenters. The number of hydrogen-bond acceptors (Lipinski definition) is 3. The molecule has 1 rings (SSSR count). The first-order valence-corrected chi connectivity index (χ1v) is 8.44. The smallest absolute Gasteiger partial charge is 0.244 e. The Morgan fingerprint density at radius 3 is 2.30 bits per heavy atom. The number of sulfonamides is 1. The number of nitrogens with zero attached hydrogens (tertiary/aromatic N) is 1. The lowest BCUT2D eigenvalue weighted by Gasteiger charge is -2.34. The number of nitrogens with two attached hydrogens (primary N) is 1. The molecule has 2 N–H and O–H groups in total. The van der Waals surface area contributed by atoms with E-state index >= 15 is 0 Å². The molecular weight excluding hydrogens is 319 g/mol. The molecule has 0 amide bonds. The Bertz CT molecular complexity index is 601. The Morgan fingerprint density at radius 2 is 1.85 bits per heavy atom. The lowest BCUT2D eigenvalue weighted by Crippen LogP contribution is -2.44. The zero-order chi connectivity index (χ0) is 15.7. The van der Waals surface area contributed by atoms with Crippen LogP contribution in [0.4, 0.5) is 0 Å². The van der Waals surface area contributed by atoms with Gasteiger partial charge >= 0.3 is 0 Å². The summed E-state index contributed by atoms with van der Waals surface area (Å²) in [4.78, 5) is -0.00357. The highest BCUT2D eigenvalue weighted by Crippen LogP contribution is 2.33. The van der Waals surface area contributed by atoms with Gasteiger partial charge in [0.05, 0.1) is 5.02 Å². The van der Waals surface area contributed by atoms with Crippen LogP contribution >= 0.6 is 23.2 Å². The van der Waals surface area contributed by atoms with E-state index in [0.717, 1.165) is 0 Å². The molecule has 1 aromatic carbocycles. The zero-order valence-corrected chi connectivity index (χ0v) is 14.4. The summed E-state index contributed by atoms with van der Waals surface area (Å²) in [7, 11) is -2.19. The van der Waals surface area contributed by atoms with Crippen LogP contribution in [0.2, 0.25) is 10.0 Å². The first-order chi connectivity index (χ1) is 9.07. The average Bonchev–Trinajstić information content (AvgIpc) is 2.39. The highest BCUT2D eigenvalue weighted by molar-refractivity contribution is 7.89. The molecule has 7 heteroatoms. The monoisotopic (exact) mass is 338 g/mol. The summed E-state index contributed by atoms with van der Waals surface area (Å²) in [6.45, 7) is 5.76. The van der Waals surface area contributed by atoms with Gasteiger partial charge < -0.3 is 5.73 Å². The summed E-state index contributed by atoms with van der Waals surface area (Å²) in [5, 5.41) is 0.437. The highest BCUT2D eigenvalue weighted by Gasteiger charge is 2.34. The van der Waals surface area contributed by atoms with E-state index in [1.54, 1.807) is 6.07 Å². The van der Waals surface area contributed by atoms with Crippen molar-refractivity contribution in [2.75, 3.05) is 7.05 Å². The topological polar surface area (TPSA) is 63.4 Å². The highest BCUT2D eigenvalue weighted by atomic mass is 35.5. The minimum absolute atomic E-state index is 0.00357. The Morgan fingerprint density at radius 1 is 1.30 bits per heavy atom. The summed E-state index contributed by atoms with van der Waals surface area (Å²) < 4.78 is 26.8. The van der Waals surface area contributed by atoms with Gasteiger partial charge in [-0.25, -0.2) is 8.42 Å². The molecule has 20 heavy (non-hydrogen) atoms. The second-order valence-corrected chi connectivity index (χ2v) is 7.97. The molecule has 0 spiro atoms. The molecule has 4 nitrogen and oxygen atoms in total. The van der Waals surface area contributed by atoms with Gasteiger partial charge in [-0.2, -0.15) is 4.31 Å². The van der Waals surface area contributed by atoms with Gasteiger partial charge in [-0.3, -0.25) is 0 Å². The van der Waals surface area contributed by atoms with Gasteiger partial charge in [-0.15, -0.1) is 0 Å². The fourth-order valence-electron chi connectivity index (χ4n) is 1.65. The van der Waals surface area contributed by atoms with E-state index < -0.39 is 15.6 Å². The molecule has 0 fully saturated rings. The Kier molecular flexibility index (Phi) is 5.49. The third kappa shape index (κ3) is 3.28. The number of rotatable bonds is 5. The van der Waals surface area contributed by atoms with Crippen molar-refractivity contribution in [1.82, 2.24) is 4.31 Å². The van der Waals surface area contributed by atoms with Gasteiger partial charge in [0.15, 0.2) is 0 Å². The molecule has 0 aliphatic rings. The van der Waals surface area contributed by atoms with E-state index in [-0.39, 0.29) is 16.5 Å². The van der Waals surface area contributed by atoms with Crippen LogP contribution in [0.1, 0.15) is 32.8 Å². The van der Waals surface area contributed by atoms with Crippen LogP contribution in [-0.4, -0.2) is 25.3 Å². The second kappa shape index (κ2) is 6.20. The van der Waals surface area contributed by atoms with Crippen molar-refractivity contribution >= 4 is 33.2 Å². The van der Waals surface area contributed by atoms with Crippen LogP contribution in [0, 0.1) is 0 Å². The fraction of sp³-hybridized carbons (Fsp3) is 0.538.